The van der Waals surface area contributed by atoms with Gasteiger partial charge < -0.3 is 20.3 Å². The van der Waals surface area contributed by atoms with E-state index in [9.17, 15) is 0 Å². The minimum atomic E-state index is 0.731. The van der Waals surface area contributed by atoms with Crippen LogP contribution < -0.4 is 15.4 Å². The average Bonchev–Trinajstić information content (AvgIpc) is 2.65. The molecule has 1 saturated carbocycles. The van der Waals surface area contributed by atoms with Gasteiger partial charge in [-0.05, 0) is 37.6 Å². The molecule has 0 heterocycles. The number of rotatable bonds is 7. The summed E-state index contributed by atoms with van der Waals surface area (Å²) >= 11 is 0. The Balaban J connectivity index is 1.70. The third-order valence-electron chi connectivity index (χ3n) is 4.77. The quantitative estimate of drug-likeness (QED) is 0.595. The monoisotopic (exact) mass is 332 g/mol. The maximum absolute atomic E-state index is 5.26. The molecular weight excluding hydrogens is 300 g/mol. The fourth-order valence-corrected chi connectivity index (χ4v) is 3.24. The molecule has 1 aliphatic carbocycles. The molecule has 1 fully saturated rings. The van der Waals surface area contributed by atoms with Crippen molar-refractivity contribution in [3.8, 4) is 5.75 Å². The lowest BCUT2D eigenvalue weighted by molar-refractivity contribution is 0.194. The maximum atomic E-state index is 5.26. The van der Waals surface area contributed by atoms with Crippen molar-refractivity contribution >= 4 is 5.96 Å². The lowest BCUT2D eigenvalue weighted by Gasteiger charge is -2.31. The molecule has 0 bridgehead atoms. The van der Waals surface area contributed by atoms with Crippen LogP contribution in [0.4, 0.5) is 0 Å². The first-order chi connectivity index (χ1) is 11.7. The lowest BCUT2D eigenvalue weighted by Crippen LogP contribution is -2.43. The van der Waals surface area contributed by atoms with E-state index in [2.05, 4.69) is 33.6 Å². The van der Waals surface area contributed by atoms with E-state index in [0.29, 0.717) is 0 Å². The Hall–Kier alpha value is -1.75. The maximum Gasteiger partial charge on any atom is 0.191 e. The highest BCUT2D eigenvalue weighted by Crippen LogP contribution is 2.21. The molecule has 0 aromatic heterocycles. The number of hydrogen-bond donors (Lipinski definition) is 2. The van der Waals surface area contributed by atoms with E-state index in [4.69, 9.17) is 4.74 Å². The molecule has 0 atom stereocenters. The van der Waals surface area contributed by atoms with E-state index < -0.39 is 0 Å². The summed E-state index contributed by atoms with van der Waals surface area (Å²) in [5.74, 6) is 1.72. The van der Waals surface area contributed by atoms with Gasteiger partial charge >= 0.3 is 0 Å². The first-order valence-electron chi connectivity index (χ1n) is 9.00. The molecular formula is C19H32N4O. The molecule has 24 heavy (non-hydrogen) atoms. The Bertz CT molecular complexity index is 512. The van der Waals surface area contributed by atoms with Crippen LogP contribution in [0, 0.1) is 0 Å². The van der Waals surface area contributed by atoms with E-state index in [1.54, 1.807) is 7.11 Å². The van der Waals surface area contributed by atoms with Crippen molar-refractivity contribution < 1.29 is 4.74 Å². The second-order valence-corrected chi connectivity index (χ2v) is 6.48. The van der Waals surface area contributed by atoms with Crippen LogP contribution >= 0.6 is 0 Å². The molecule has 0 unspecified atom stereocenters. The van der Waals surface area contributed by atoms with E-state index in [1.807, 2.05) is 25.2 Å². The van der Waals surface area contributed by atoms with E-state index in [-0.39, 0.29) is 0 Å². The van der Waals surface area contributed by atoms with Crippen molar-refractivity contribution in [3.63, 3.8) is 0 Å². The molecule has 2 rings (SSSR count). The third-order valence-corrected chi connectivity index (χ3v) is 4.77. The van der Waals surface area contributed by atoms with Crippen molar-refractivity contribution in [2.45, 2.75) is 44.7 Å². The number of nitrogens with one attached hydrogen (secondary N) is 2. The van der Waals surface area contributed by atoms with E-state index in [0.717, 1.165) is 37.4 Å². The number of likely N-dealkylation sites (N-methyl/N-ethyl adjacent to an activating group) is 1. The molecule has 134 valence electrons. The van der Waals surface area contributed by atoms with Gasteiger partial charge in [0, 0.05) is 32.7 Å². The summed E-state index contributed by atoms with van der Waals surface area (Å²) in [6.45, 7) is 2.69. The van der Waals surface area contributed by atoms with Crippen LogP contribution in [0.2, 0.25) is 0 Å². The van der Waals surface area contributed by atoms with Crippen LogP contribution in [0.1, 0.15) is 37.7 Å². The van der Waals surface area contributed by atoms with Crippen LogP contribution in [0.3, 0.4) is 0 Å². The molecule has 5 heteroatoms. The molecule has 5 nitrogen and oxygen atoms in total. The number of methoxy groups -OCH3 is 1. The van der Waals surface area contributed by atoms with Gasteiger partial charge in [-0.1, -0.05) is 31.4 Å². The van der Waals surface area contributed by atoms with Crippen LogP contribution in [0.25, 0.3) is 0 Å². The molecule has 2 N–H and O–H groups in total. The summed E-state index contributed by atoms with van der Waals surface area (Å²) in [5.41, 5.74) is 1.18. The predicted molar refractivity (Wildman–Crippen MR) is 101 cm³/mol. The SMILES string of the molecule is CN=C(NCCN(C)C1CCCCC1)NCc1cccc(OC)c1. The lowest BCUT2D eigenvalue weighted by atomic mass is 9.94. The highest BCUT2D eigenvalue weighted by Gasteiger charge is 2.17. The second-order valence-electron chi connectivity index (χ2n) is 6.48. The number of nitrogens with zero attached hydrogens (tertiary/aromatic N) is 2. The minimum absolute atomic E-state index is 0.731. The van der Waals surface area contributed by atoms with Crippen molar-refractivity contribution in [2.75, 3.05) is 34.3 Å². The highest BCUT2D eigenvalue weighted by atomic mass is 16.5. The highest BCUT2D eigenvalue weighted by molar-refractivity contribution is 5.79. The van der Waals surface area contributed by atoms with Crippen LogP contribution in [-0.4, -0.2) is 51.2 Å². The zero-order chi connectivity index (χ0) is 17.2. The normalized spacial score (nSPS) is 16.2. The van der Waals surface area contributed by atoms with Crippen LogP contribution in [0.15, 0.2) is 29.3 Å². The van der Waals surface area contributed by atoms with Crippen LogP contribution in [0.5, 0.6) is 5.75 Å². The largest absolute Gasteiger partial charge is 0.497 e. The number of hydrogen-bond acceptors (Lipinski definition) is 3. The zero-order valence-corrected chi connectivity index (χ0v) is 15.3. The number of guanidine groups is 1. The summed E-state index contributed by atoms with van der Waals surface area (Å²) in [6, 6.07) is 8.84. The summed E-state index contributed by atoms with van der Waals surface area (Å²) in [7, 11) is 5.74. The number of benzene rings is 1. The molecule has 0 amide bonds. The molecule has 1 aliphatic rings. The standard InChI is InChI=1S/C19H32N4O/c1-20-19(22-15-16-8-7-11-18(14-16)24-3)21-12-13-23(2)17-9-5-4-6-10-17/h7-8,11,14,17H,4-6,9-10,12-13,15H2,1-3H3,(H2,20,21,22). The predicted octanol–water partition coefficient (Wildman–Crippen LogP) is 2.62. The van der Waals surface area contributed by atoms with Crippen molar-refractivity contribution in [1.29, 1.82) is 0 Å². The van der Waals surface area contributed by atoms with Crippen molar-refractivity contribution in [3.05, 3.63) is 29.8 Å². The van der Waals surface area contributed by atoms with Gasteiger partial charge in [0.2, 0.25) is 0 Å². The average molecular weight is 332 g/mol. The molecule has 0 saturated heterocycles. The zero-order valence-electron chi connectivity index (χ0n) is 15.3. The smallest absolute Gasteiger partial charge is 0.191 e. The molecule has 1 aromatic carbocycles. The van der Waals surface area contributed by atoms with Gasteiger partial charge in [-0.2, -0.15) is 0 Å². The third kappa shape index (κ3) is 6.04. The van der Waals surface area contributed by atoms with Crippen LogP contribution in [-0.2, 0) is 6.54 Å². The molecule has 0 aliphatic heterocycles. The summed E-state index contributed by atoms with van der Waals surface area (Å²) in [6.07, 6.45) is 6.86. The van der Waals surface area contributed by atoms with Crippen molar-refractivity contribution in [1.82, 2.24) is 15.5 Å². The molecule has 1 aromatic rings. The first kappa shape index (κ1) is 18.6. The van der Waals surface area contributed by atoms with E-state index >= 15 is 0 Å². The Morgan fingerprint density at radius 2 is 2.04 bits per heavy atom. The Morgan fingerprint density at radius 3 is 2.75 bits per heavy atom. The van der Waals surface area contributed by atoms with Gasteiger partial charge in [0.25, 0.3) is 0 Å². The fraction of sp³-hybridized carbons (Fsp3) is 0.632. The minimum Gasteiger partial charge on any atom is -0.497 e. The van der Waals surface area contributed by atoms with Gasteiger partial charge in [0.05, 0.1) is 7.11 Å². The topological polar surface area (TPSA) is 48.9 Å². The number of aliphatic imine (C=N–C) groups is 1. The number of ether oxygens (including phenoxy) is 1. The van der Waals surface area contributed by atoms with Gasteiger partial charge in [-0.25, -0.2) is 0 Å². The molecule has 0 spiro atoms. The van der Waals surface area contributed by atoms with Crippen molar-refractivity contribution in [2.24, 2.45) is 4.99 Å². The fourth-order valence-electron chi connectivity index (χ4n) is 3.24. The Kier molecular flexibility index (Phi) is 7.89. The second kappa shape index (κ2) is 10.2. The van der Waals surface area contributed by atoms with Gasteiger partial charge in [0.15, 0.2) is 5.96 Å². The van der Waals surface area contributed by atoms with Gasteiger partial charge in [0.1, 0.15) is 5.75 Å². The summed E-state index contributed by atoms with van der Waals surface area (Å²) in [4.78, 5) is 6.79. The first-order valence-corrected chi connectivity index (χ1v) is 9.00. The van der Waals surface area contributed by atoms with Gasteiger partial charge in [-0.15, -0.1) is 0 Å². The van der Waals surface area contributed by atoms with Gasteiger partial charge in [-0.3, -0.25) is 4.99 Å². The summed E-state index contributed by atoms with van der Waals surface area (Å²) < 4.78 is 5.26. The Morgan fingerprint density at radius 1 is 1.25 bits per heavy atom. The summed E-state index contributed by atoms with van der Waals surface area (Å²) in [5, 5.41) is 6.76. The van der Waals surface area contributed by atoms with E-state index in [1.165, 1.54) is 37.7 Å². The Labute approximate surface area is 146 Å². The molecule has 0 radical (unpaired) electrons.